The Kier molecular flexibility index (Phi) is 3.77. The van der Waals surface area contributed by atoms with Gasteiger partial charge in [0.2, 0.25) is 9.84 Å². The van der Waals surface area contributed by atoms with E-state index in [-0.39, 0.29) is 17.1 Å². The van der Waals surface area contributed by atoms with Crippen molar-refractivity contribution in [3.63, 3.8) is 0 Å². The molecule has 2 aromatic rings. The van der Waals surface area contributed by atoms with Gasteiger partial charge in [-0.1, -0.05) is 12.1 Å². The number of benzene rings is 2. The maximum absolute atomic E-state index is 12.1. The summed E-state index contributed by atoms with van der Waals surface area (Å²) in [6, 6.07) is 7.22. The van der Waals surface area contributed by atoms with Crippen molar-refractivity contribution < 1.29 is 28.8 Å². The first-order valence-electron chi connectivity index (χ1n) is 5.77. The van der Waals surface area contributed by atoms with E-state index < -0.39 is 26.2 Å². The summed E-state index contributed by atoms with van der Waals surface area (Å²) in [6.07, 6.45) is 1.08. The molecule has 0 unspecified atom stereocenters. The number of rotatable bonds is 3. The van der Waals surface area contributed by atoms with Gasteiger partial charge in [0, 0.05) is 17.0 Å². The van der Waals surface area contributed by atoms with E-state index in [1.54, 1.807) is 0 Å². The van der Waals surface area contributed by atoms with E-state index in [1.807, 2.05) is 0 Å². The van der Waals surface area contributed by atoms with Crippen molar-refractivity contribution >= 4 is 15.9 Å². The van der Waals surface area contributed by atoms with Crippen LogP contribution < -0.4 is 0 Å². The summed E-state index contributed by atoms with van der Waals surface area (Å²) < 4.78 is 24.1. The molecule has 0 spiro atoms. The molecule has 0 aliphatic rings. The van der Waals surface area contributed by atoms with Crippen molar-refractivity contribution in [1.82, 2.24) is 0 Å². The van der Waals surface area contributed by atoms with Crippen molar-refractivity contribution in [2.75, 3.05) is 0 Å². The monoisotopic (exact) mass is 308 g/mol. The Morgan fingerprint density at radius 1 is 0.905 bits per heavy atom. The van der Waals surface area contributed by atoms with Crippen molar-refractivity contribution in [2.24, 2.45) is 0 Å². The Morgan fingerprint density at radius 3 is 2.33 bits per heavy atom. The number of sulfone groups is 1. The highest BCUT2D eigenvalue weighted by Crippen LogP contribution is 2.31. The maximum Gasteiger partial charge on any atom is 0.203 e. The van der Waals surface area contributed by atoms with Crippen LogP contribution >= 0.6 is 0 Å². The van der Waals surface area contributed by atoms with Gasteiger partial charge in [0.1, 0.15) is 16.4 Å². The first kappa shape index (κ1) is 14.7. The molecule has 0 atom stereocenters. The number of para-hydroxylation sites is 1. The second kappa shape index (κ2) is 5.37. The molecule has 0 bridgehead atoms. The van der Waals surface area contributed by atoms with Gasteiger partial charge in [-0.05, 0) is 24.3 Å². The third kappa shape index (κ3) is 3.09. The smallest absolute Gasteiger partial charge is 0.203 e. The number of phenols is 4. The van der Waals surface area contributed by atoms with Gasteiger partial charge in [-0.25, -0.2) is 8.42 Å². The third-order valence-electron chi connectivity index (χ3n) is 2.72. The summed E-state index contributed by atoms with van der Waals surface area (Å²) >= 11 is 0. The molecular weight excluding hydrogens is 296 g/mol. The molecule has 0 amide bonds. The Morgan fingerprint density at radius 2 is 1.62 bits per heavy atom. The van der Waals surface area contributed by atoms with Gasteiger partial charge < -0.3 is 20.4 Å². The van der Waals surface area contributed by atoms with Gasteiger partial charge in [0.25, 0.3) is 0 Å². The molecule has 0 heterocycles. The Balaban J connectivity index is 2.44. The third-order valence-corrected chi connectivity index (χ3v) is 4.16. The van der Waals surface area contributed by atoms with E-state index in [0.717, 1.165) is 29.7 Å². The summed E-state index contributed by atoms with van der Waals surface area (Å²) in [4.78, 5) is -0.460. The molecule has 110 valence electrons. The summed E-state index contributed by atoms with van der Waals surface area (Å²) in [7, 11) is -4.02. The van der Waals surface area contributed by atoms with E-state index in [4.69, 9.17) is 0 Å². The van der Waals surface area contributed by atoms with Gasteiger partial charge in [0.15, 0.2) is 11.5 Å². The molecule has 0 aliphatic heterocycles. The first-order chi connectivity index (χ1) is 9.81. The Labute approximate surface area is 120 Å². The van der Waals surface area contributed by atoms with Crippen LogP contribution in [0.15, 0.2) is 46.7 Å². The molecular formula is C14H12O6S. The van der Waals surface area contributed by atoms with E-state index in [0.29, 0.717) is 0 Å². The predicted molar refractivity (Wildman–Crippen MR) is 75.8 cm³/mol. The number of hydrogen-bond acceptors (Lipinski definition) is 6. The van der Waals surface area contributed by atoms with Crippen LogP contribution in [0.25, 0.3) is 6.08 Å². The van der Waals surface area contributed by atoms with Crippen molar-refractivity contribution in [3.8, 4) is 23.0 Å². The highest BCUT2D eigenvalue weighted by molar-refractivity contribution is 7.94. The minimum atomic E-state index is -4.02. The van der Waals surface area contributed by atoms with Crippen molar-refractivity contribution in [3.05, 3.63) is 47.4 Å². The lowest BCUT2D eigenvalue weighted by Gasteiger charge is -2.04. The molecule has 4 N–H and O–H groups in total. The molecule has 0 fully saturated rings. The fourth-order valence-electron chi connectivity index (χ4n) is 1.65. The van der Waals surface area contributed by atoms with Crippen LogP contribution in [-0.2, 0) is 9.84 Å². The SMILES string of the molecule is O=S(=O)(/C=C/c1cccc(O)c1O)c1cc(O)ccc1O. The number of hydrogen-bond donors (Lipinski definition) is 4. The van der Waals surface area contributed by atoms with Crippen LogP contribution in [0.5, 0.6) is 23.0 Å². The molecule has 0 aromatic heterocycles. The number of phenolic OH excluding ortho intramolecular Hbond substituents is 4. The van der Waals surface area contributed by atoms with Gasteiger partial charge in [-0.15, -0.1) is 0 Å². The molecule has 0 saturated heterocycles. The Hall–Kier alpha value is -2.67. The summed E-state index contributed by atoms with van der Waals surface area (Å²) in [6.45, 7) is 0. The molecule has 21 heavy (non-hydrogen) atoms. The molecule has 6 nitrogen and oxygen atoms in total. The lowest BCUT2D eigenvalue weighted by Crippen LogP contribution is -1.96. The number of aromatic hydroxyl groups is 4. The zero-order valence-electron chi connectivity index (χ0n) is 10.6. The molecule has 2 rings (SSSR count). The standard InChI is InChI=1S/C14H12O6S/c15-10-4-5-11(16)13(8-10)21(19,20)7-6-9-2-1-3-12(17)14(9)18/h1-8,15-18H/b7-6+. The maximum atomic E-state index is 12.1. The largest absolute Gasteiger partial charge is 0.508 e. The van der Waals surface area contributed by atoms with E-state index >= 15 is 0 Å². The van der Waals surface area contributed by atoms with Gasteiger partial charge in [-0.3, -0.25) is 0 Å². The van der Waals surface area contributed by atoms with E-state index in [1.165, 1.54) is 18.2 Å². The quantitative estimate of drug-likeness (QED) is 0.509. The van der Waals surface area contributed by atoms with Gasteiger partial charge in [-0.2, -0.15) is 0 Å². The molecule has 2 aromatic carbocycles. The molecule has 0 radical (unpaired) electrons. The average Bonchev–Trinajstić information content (AvgIpc) is 2.43. The minimum Gasteiger partial charge on any atom is -0.508 e. The molecule has 0 saturated carbocycles. The lowest BCUT2D eigenvalue weighted by atomic mass is 10.2. The van der Waals surface area contributed by atoms with Crippen LogP contribution in [0.3, 0.4) is 0 Å². The fraction of sp³-hybridized carbons (Fsp3) is 0. The fourth-order valence-corrected chi connectivity index (χ4v) is 2.77. The highest BCUT2D eigenvalue weighted by Gasteiger charge is 2.16. The van der Waals surface area contributed by atoms with Crippen LogP contribution in [-0.4, -0.2) is 28.8 Å². The van der Waals surface area contributed by atoms with Gasteiger partial charge >= 0.3 is 0 Å². The second-order valence-corrected chi connectivity index (χ2v) is 6.02. The topological polar surface area (TPSA) is 115 Å². The highest BCUT2D eigenvalue weighted by atomic mass is 32.2. The minimum absolute atomic E-state index is 0.0956. The van der Waals surface area contributed by atoms with Crippen molar-refractivity contribution in [2.45, 2.75) is 4.90 Å². The van der Waals surface area contributed by atoms with Crippen LogP contribution in [0.4, 0.5) is 0 Å². The summed E-state index contributed by atoms with van der Waals surface area (Å²) in [5.41, 5.74) is 0.0956. The average molecular weight is 308 g/mol. The molecule has 7 heteroatoms. The Bertz CT molecular complexity index is 808. The van der Waals surface area contributed by atoms with E-state index in [9.17, 15) is 28.8 Å². The first-order valence-corrected chi connectivity index (χ1v) is 7.32. The normalized spacial score (nSPS) is 11.8. The van der Waals surface area contributed by atoms with Crippen LogP contribution in [0, 0.1) is 0 Å². The van der Waals surface area contributed by atoms with Crippen molar-refractivity contribution in [1.29, 1.82) is 0 Å². The lowest BCUT2D eigenvalue weighted by molar-refractivity contribution is 0.403. The van der Waals surface area contributed by atoms with Crippen LogP contribution in [0.1, 0.15) is 5.56 Å². The van der Waals surface area contributed by atoms with Gasteiger partial charge in [0.05, 0.1) is 0 Å². The van der Waals surface area contributed by atoms with Crippen LogP contribution in [0.2, 0.25) is 0 Å². The summed E-state index contributed by atoms with van der Waals surface area (Å²) in [5.74, 6) is -1.64. The zero-order chi connectivity index (χ0) is 15.6. The second-order valence-electron chi connectivity index (χ2n) is 4.21. The zero-order valence-corrected chi connectivity index (χ0v) is 11.4. The predicted octanol–water partition coefficient (Wildman–Crippen LogP) is 1.95. The van der Waals surface area contributed by atoms with E-state index in [2.05, 4.69) is 0 Å². The molecule has 0 aliphatic carbocycles. The summed E-state index contributed by atoms with van der Waals surface area (Å²) in [5, 5.41) is 38.5.